The zero-order valence-electron chi connectivity index (χ0n) is 14.4. The van der Waals surface area contributed by atoms with Crippen molar-refractivity contribution in [1.82, 2.24) is 19.4 Å². The Labute approximate surface area is 151 Å². The zero-order valence-corrected chi connectivity index (χ0v) is 15.2. The summed E-state index contributed by atoms with van der Waals surface area (Å²) in [6.07, 6.45) is 6.93. The van der Waals surface area contributed by atoms with E-state index < -0.39 is 0 Å². The van der Waals surface area contributed by atoms with E-state index in [0.717, 1.165) is 59.9 Å². The van der Waals surface area contributed by atoms with Crippen molar-refractivity contribution in [2.75, 3.05) is 32.7 Å². The number of aromatic nitrogens is 2. The first-order chi connectivity index (χ1) is 12.3. The van der Waals surface area contributed by atoms with Crippen LogP contribution in [0.5, 0.6) is 0 Å². The van der Waals surface area contributed by atoms with Crippen LogP contribution in [0.15, 0.2) is 42.9 Å². The third kappa shape index (κ3) is 3.07. The van der Waals surface area contributed by atoms with Gasteiger partial charge in [0.2, 0.25) is 0 Å². The van der Waals surface area contributed by atoms with Gasteiger partial charge in [-0.05, 0) is 37.2 Å². The number of nitrogens with zero attached hydrogens (tertiary/aromatic N) is 4. The number of hydrogen-bond acceptors (Lipinski definition) is 4. The molecule has 0 bridgehead atoms. The van der Waals surface area contributed by atoms with Crippen LogP contribution in [0.3, 0.4) is 0 Å². The fourth-order valence-corrected chi connectivity index (χ4v) is 4.55. The molecular formula is C19H22N4OS. The lowest BCUT2D eigenvalue weighted by molar-refractivity contribution is 0.0642. The normalized spacial score (nSPS) is 15.8. The molecule has 130 valence electrons. The SMILES string of the molecule is CCCN1CCN(C(=O)c2sc3ncccc3c2-n2cccc2)CC1. The van der Waals surface area contributed by atoms with Gasteiger partial charge in [0.1, 0.15) is 9.71 Å². The molecule has 3 aromatic rings. The minimum absolute atomic E-state index is 0.128. The third-order valence-corrected chi connectivity index (χ3v) is 5.79. The monoisotopic (exact) mass is 354 g/mol. The number of piperazine rings is 1. The highest BCUT2D eigenvalue weighted by molar-refractivity contribution is 7.21. The van der Waals surface area contributed by atoms with Crippen LogP contribution in [0.4, 0.5) is 0 Å². The predicted molar refractivity (Wildman–Crippen MR) is 102 cm³/mol. The standard InChI is InChI=1S/C19H22N4OS/c1-2-8-21-11-13-23(14-12-21)19(24)17-16(22-9-3-4-10-22)15-6-5-7-20-18(15)25-17/h3-7,9-10H,2,8,11-14H2,1H3. The molecule has 1 amide bonds. The molecule has 0 aliphatic carbocycles. The summed E-state index contributed by atoms with van der Waals surface area (Å²) in [4.78, 5) is 23.8. The number of fused-ring (bicyclic) bond motifs is 1. The summed E-state index contributed by atoms with van der Waals surface area (Å²) in [5.74, 6) is 0.128. The number of amides is 1. The summed E-state index contributed by atoms with van der Waals surface area (Å²) in [5.41, 5.74) is 0.957. The fourth-order valence-electron chi connectivity index (χ4n) is 3.44. The summed E-state index contributed by atoms with van der Waals surface area (Å²) in [6, 6.07) is 7.94. The molecule has 1 aliphatic rings. The summed E-state index contributed by atoms with van der Waals surface area (Å²) >= 11 is 1.50. The van der Waals surface area contributed by atoms with E-state index in [0.29, 0.717) is 0 Å². The van der Waals surface area contributed by atoms with Crippen LogP contribution < -0.4 is 0 Å². The quantitative estimate of drug-likeness (QED) is 0.722. The van der Waals surface area contributed by atoms with Crippen LogP contribution in [0, 0.1) is 0 Å². The van der Waals surface area contributed by atoms with Gasteiger partial charge in [-0.3, -0.25) is 9.69 Å². The number of pyridine rings is 1. The Balaban J connectivity index is 1.67. The van der Waals surface area contributed by atoms with Gasteiger partial charge >= 0.3 is 0 Å². The maximum Gasteiger partial charge on any atom is 0.266 e. The highest BCUT2D eigenvalue weighted by atomic mass is 32.1. The van der Waals surface area contributed by atoms with Gasteiger partial charge in [-0.2, -0.15) is 0 Å². The average Bonchev–Trinajstić information content (AvgIpc) is 3.29. The number of rotatable bonds is 4. The second-order valence-corrected chi connectivity index (χ2v) is 7.36. The summed E-state index contributed by atoms with van der Waals surface area (Å²) < 4.78 is 2.03. The largest absolute Gasteiger partial charge is 0.335 e. The molecule has 0 atom stereocenters. The van der Waals surface area contributed by atoms with Crippen LogP contribution in [0.25, 0.3) is 15.9 Å². The minimum atomic E-state index is 0.128. The van der Waals surface area contributed by atoms with E-state index in [9.17, 15) is 4.79 Å². The van der Waals surface area contributed by atoms with Gasteiger partial charge in [0.15, 0.2) is 0 Å². The van der Waals surface area contributed by atoms with Crippen molar-refractivity contribution in [3.63, 3.8) is 0 Å². The third-order valence-electron chi connectivity index (χ3n) is 4.70. The number of hydrogen-bond donors (Lipinski definition) is 0. The summed E-state index contributed by atoms with van der Waals surface area (Å²) in [7, 11) is 0. The van der Waals surface area contributed by atoms with E-state index >= 15 is 0 Å². The van der Waals surface area contributed by atoms with Crippen LogP contribution in [0.2, 0.25) is 0 Å². The van der Waals surface area contributed by atoms with Gasteiger partial charge in [0, 0.05) is 50.2 Å². The molecule has 25 heavy (non-hydrogen) atoms. The molecule has 1 saturated heterocycles. The van der Waals surface area contributed by atoms with Crippen molar-refractivity contribution in [1.29, 1.82) is 0 Å². The summed E-state index contributed by atoms with van der Waals surface area (Å²) in [5, 5.41) is 1.04. The van der Waals surface area contributed by atoms with E-state index in [-0.39, 0.29) is 5.91 Å². The molecule has 0 N–H and O–H groups in total. The smallest absolute Gasteiger partial charge is 0.266 e. The zero-order chi connectivity index (χ0) is 17.2. The van der Waals surface area contributed by atoms with Crippen molar-refractivity contribution in [2.45, 2.75) is 13.3 Å². The van der Waals surface area contributed by atoms with Crippen molar-refractivity contribution in [3.05, 3.63) is 47.7 Å². The molecule has 1 aliphatic heterocycles. The van der Waals surface area contributed by atoms with Crippen LogP contribution >= 0.6 is 11.3 Å². The van der Waals surface area contributed by atoms with Crippen molar-refractivity contribution < 1.29 is 4.79 Å². The van der Waals surface area contributed by atoms with Crippen LogP contribution in [-0.4, -0.2) is 58.0 Å². The molecule has 0 spiro atoms. The van der Waals surface area contributed by atoms with E-state index in [1.165, 1.54) is 11.3 Å². The minimum Gasteiger partial charge on any atom is -0.335 e. The lowest BCUT2D eigenvalue weighted by Gasteiger charge is -2.34. The Hall–Kier alpha value is -2.18. The summed E-state index contributed by atoms with van der Waals surface area (Å²) in [6.45, 7) is 6.83. The molecule has 0 saturated carbocycles. The highest BCUT2D eigenvalue weighted by Gasteiger charge is 2.27. The van der Waals surface area contributed by atoms with Gasteiger partial charge in [0.25, 0.3) is 5.91 Å². The van der Waals surface area contributed by atoms with Gasteiger partial charge in [-0.1, -0.05) is 6.92 Å². The van der Waals surface area contributed by atoms with Gasteiger partial charge in [0.05, 0.1) is 5.69 Å². The Morgan fingerprint density at radius 2 is 1.92 bits per heavy atom. The van der Waals surface area contributed by atoms with E-state index in [1.54, 1.807) is 6.20 Å². The van der Waals surface area contributed by atoms with Crippen molar-refractivity contribution in [3.8, 4) is 5.69 Å². The van der Waals surface area contributed by atoms with Gasteiger partial charge in [-0.25, -0.2) is 4.98 Å². The molecule has 3 aromatic heterocycles. The molecule has 0 radical (unpaired) electrons. The lowest BCUT2D eigenvalue weighted by Crippen LogP contribution is -2.48. The Morgan fingerprint density at radius 1 is 1.16 bits per heavy atom. The molecule has 4 rings (SSSR count). The Bertz CT molecular complexity index is 863. The van der Waals surface area contributed by atoms with E-state index in [4.69, 9.17) is 0 Å². The molecule has 1 fully saturated rings. The average molecular weight is 354 g/mol. The fraction of sp³-hybridized carbons (Fsp3) is 0.368. The second-order valence-electron chi connectivity index (χ2n) is 6.36. The molecule has 0 aromatic carbocycles. The molecule has 0 unspecified atom stereocenters. The number of carbonyl (C=O) groups excluding carboxylic acids is 1. The van der Waals surface area contributed by atoms with Crippen molar-refractivity contribution in [2.24, 2.45) is 0 Å². The first-order valence-corrected chi connectivity index (χ1v) is 9.62. The maximum absolute atomic E-state index is 13.2. The van der Waals surface area contributed by atoms with Crippen LogP contribution in [0.1, 0.15) is 23.0 Å². The second kappa shape index (κ2) is 6.98. The van der Waals surface area contributed by atoms with E-state index in [1.807, 2.05) is 46.1 Å². The van der Waals surface area contributed by atoms with Crippen molar-refractivity contribution >= 4 is 27.5 Å². The highest BCUT2D eigenvalue weighted by Crippen LogP contribution is 2.34. The topological polar surface area (TPSA) is 41.4 Å². The van der Waals surface area contributed by atoms with Gasteiger partial charge < -0.3 is 9.47 Å². The molecule has 4 heterocycles. The maximum atomic E-state index is 13.2. The lowest BCUT2D eigenvalue weighted by atomic mass is 10.2. The first-order valence-electron chi connectivity index (χ1n) is 8.80. The molecule has 5 nitrogen and oxygen atoms in total. The first kappa shape index (κ1) is 16.3. The van der Waals surface area contributed by atoms with E-state index in [2.05, 4.69) is 16.8 Å². The van der Waals surface area contributed by atoms with Gasteiger partial charge in [-0.15, -0.1) is 11.3 Å². The number of thiophene rings is 1. The molecular weight excluding hydrogens is 332 g/mol. The van der Waals surface area contributed by atoms with Crippen LogP contribution in [-0.2, 0) is 0 Å². The molecule has 6 heteroatoms. The number of carbonyl (C=O) groups is 1. The Kier molecular flexibility index (Phi) is 4.55. The Morgan fingerprint density at radius 3 is 2.64 bits per heavy atom. The predicted octanol–water partition coefficient (Wildman–Crippen LogP) is 3.25.